The summed E-state index contributed by atoms with van der Waals surface area (Å²) in [4.78, 5) is 33.8. The van der Waals surface area contributed by atoms with Crippen LogP contribution >= 0.6 is 11.8 Å². The molecule has 3 aliphatic heterocycles. The minimum atomic E-state index is -0.512. The van der Waals surface area contributed by atoms with Gasteiger partial charge in [0.15, 0.2) is 5.17 Å². The molecule has 4 rings (SSSR count). The van der Waals surface area contributed by atoms with E-state index in [1.807, 2.05) is 5.01 Å². The molecule has 0 aromatic heterocycles. The Morgan fingerprint density at radius 3 is 2.88 bits per heavy atom. The van der Waals surface area contributed by atoms with Gasteiger partial charge in [0.05, 0.1) is 4.91 Å². The molecule has 33 heavy (non-hydrogen) atoms. The number of ether oxygens (including phenoxy) is 1. The molecule has 2 fully saturated rings. The Bertz CT molecular complexity index is 959. The minimum Gasteiger partial charge on any atom is -0.409 e. The van der Waals surface area contributed by atoms with Crippen molar-refractivity contribution < 1.29 is 18.7 Å². The maximum absolute atomic E-state index is 14.0. The van der Waals surface area contributed by atoms with Crippen LogP contribution in [0.5, 0.6) is 5.75 Å². The van der Waals surface area contributed by atoms with Crippen LogP contribution in [0.2, 0.25) is 0 Å². The summed E-state index contributed by atoms with van der Waals surface area (Å²) in [5.41, 5.74) is 3.70. The van der Waals surface area contributed by atoms with E-state index in [4.69, 9.17) is 4.74 Å². The quantitative estimate of drug-likeness (QED) is 0.655. The standard InChI is InChI=1S/C23H30FN5O3S/c1-3-27(4-2)18-9-12-28(15-18)23(31)32-19-14-17(24)8-7-16(19)13-20-21(30)26-22(33-20)29-11-6-5-10-25-29/h7-8,13-14,18,25H,3-6,9-12,15H2,1-2H3/b20-13-. The van der Waals surface area contributed by atoms with Gasteiger partial charge in [-0.15, -0.1) is 0 Å². The van der Waals surface area contributed by atoms with Gasteiger partial charge in [-0.3, -0.25) is 14.7 Å². The Labute approximate surface area is 197 Å². The van der Waals surface area contributed by atoms with Crippen molar-refractivity contribution in [3.63, 3.8) is 0 Å². The molecule has 8 nitrogen and oxygen atoms in total. The molecule has 10 heteroatoms. The zero-order chi connectivity index (χ0) is 23.4. The minimum absolute atomic E-state index is 0.0942. The number of nitrogens with one attached hydrogen (secondary N) is 1. The lowest BCUT2D eigenvalue weighted by Crippen LogP contribution is -2.45. The zero-order valence-corrected chi connectivity index (χ0v) is 19.9. The first kappa shape index (κ1) is 23.7. The normalized spacial score (nSPS) is 22.4. The van der Waals surface area contributed by atoms with Gasteiger partial charge in [-0.2, -0.15) is 4.99 Å². The summed E-state index contributed by atoms with van der Waals surface area (Å²) in [6.07, 6.45) is 4.10. The number of hydrogen-bond acceptors (Lipinski definition) is 7. The highest BCUT2D eigenvalue weighted by atomic mass is 32.2. The number of hydrogen-bond donors (Lipinski definition) is 1. The monoisotopic (exact) mass is 475 g/mol. The van der Waals surface area contributed by atoms with Crippen molar-refractivity contribution in [3.8, 4) is 5.75 Å². The fourth-order valence-corrected chi connectivity index (χ4v) is 5.24. The average molecular weight is 476 g/mol. The number of amidine groups is 1. The van der Waals surface area contributed by atoms with E-state index in [-0.39, 0.29) is 11.7 Å². The number of likely N-dealkylation sites (tertiary alicyclic amines) is 1. The van der Waals surface area contributed by atoms with Crippen molar-refractivity contribution in [3.05, 3.63) is 34.5 Å². The molecule has 1 aromatic rings. The van der Waals surface area contributed by atoms with Crippen LogP contribution in [0.4, 0.5) is 9.18 Å². The molecule has 1 aromatic carbocycles. The van der Waals surface area contributed by atoms with Crippen LogP contribution < -0.4 is 10.2 Å². The lowest BCUT2D eigenvalue weighted by atomic mass is 10.2. The second kappa shape index (κ2) is 10.7. The van der Waals surface area contributed by atoms with Crippen molar-refractivity contribution >= 4 is 35.0 Å². The number of nitrogens with zero attached hydrogens (tertiary/aromatic N) is 4. The van der Waals surface area contributed by atoms with Crippen LogP contribution in [0, 0.1) is 5.82 Å². The van der Waals surface area contributed by atoms with Gasteiger partial charge >= 0.3 is 6.09 Å². The maximum atomic E-state index is 14.0. The molecule has 0 aliphatic carbocycles. The lowest BCUT2D eigenvalue weighted by molar-refractivity contribution is -0.113. The second-order valence-corrected chi connectivity index (χ2v) is 9.25. The molecule has 3 aliphatic rings. The average Bonchev–Trinajstić information content (AvgIpc) is 3.45. The molecule has 1 N–H and O–H groups in total. The number of carbonyl (C=O) groups excluding carboxylic acids is 2. The van der Waals surface area contributed by atoms with E-state index in [2.05, 4.69) is 29.2 Å². The molecule has 2 saturated heterocycles. The third-order valence-corrected chi connectivity index (χ3v) is 7.17. The number of likely N-dealkylation sites (N-methyl/N-ethyl adjacent to an activating group) is 1. The Morgan fingerprint density at radius 2 is 2.15 bits per heavy atom. The number of aliphatic imine (C=N–C) groups is 1. The van der Waals surface area contributed by atoms with E-state index in [9.17, 15) is 14.0 Å². The van der Waals surface area contributed by atoms with Crippen LogP contribution in [0.15, 0.2) is 28.1 Å². The Balaban J connectivity index is 1.46. The molecule has 3 heterocycles. The van der Waals surface area contributed by atoms with Crippen LogP contribution in [-0.4, -0.2) is 77.3 Å². The topological polar surface area (TPSA) is 77.5 Å². The Morgan fingerprint density at radius 1 is 1.33 bits per heavy atom. The van der Waals surface area contributed by atoms with Crippen LogP contribution in [-0.2, 0) is 4.79 Å². The van der Waals surface area contributed by atoms with E-state index < -0.39 is 11.9 Å². The van der Waals surface area contributed by atoms with Gasteiger partial charge in [0.25, 0.3) is 5.91 Å². The lowest BCUT2D eigenvalue weighted by Gasteiger charge is -2.28. The number of amides is 2. The number of thioether (sulfide) groups is 1. The van der Waals surface area contributed by atoms with E-state index in [1.165, 1.54) is 30.0 Å². The summed E-state index contributed by atoms with van der Waals surface area (Å²) in [6.45, 7) is 8.88. The van der Waals surface area contributed by atoms with E-state index in [0.717, 1.165) is 45.4 Å². The Kier molecular flexibility index (Phi) is 7.67. The van der Waals surface area contributed by atoms with Crippen molar-refractivity contribution in [2.24, 2.45) is 4.99 Å². The van der Waals surface area contributed by atoms with Crippen molar-refractivity contribution in [2.45, 2.75) is 39.2 Å². The number of hydrazine groups is 1. The summed E-state index contributed by atoms with van der Waals surface area (Å²) in [5, 5.41) is 2.49. The van der Waals surface area contributed by atoms with Crippen LogP contribution in [0.1, 0.15) is 38.7 Å². The van der Waals surface area contributed by atoms with Gasteiger partial charge in [-0.05, 0) is 62.3 Å². The molecule has 0 spiro atoms. The number of benzene rings is 1. The fraction of sp³-hybridized carbons (Fsp3) is 0.522. The summed E-state index contributed by atoms with van der Waals surface area (Å²) >= 11 is 1.26. The molecule has 2 amide bonds. The van der Waals surface area contributed by atoms with Gasteiger partial charge < -0.3 is 9.64 Å². The van der Waals surface area contributed by atoms with Crippen molar-refractivity contribution in [1.82, 2.24) is 20.2 Å². The molecule has 0 bridgehead atoms. The SMILES string of the molecule is CCN(CC)C1CCN(C(=O)Oc2cc(F)ccc2/C=C2\SC(N3CCCCN3)=NC2=O)C1. The van der Waals surface area contributed by atoms with Crippen LogP contribution in [0.3, 0.4) is 0 Å². The summed E-state index contributed by atoms with van der Waals surface area (Å²) in [6, 6.07) is 4.28. The first-order chi connectivity index (χ1) is 16.0. The highest BCUT2D eigenvalue weighted by molar-refractivity contribution is 8.18. The van der Waals surface area contributed by atoms with Gasteiger partial charge in [-0.1, -0.05) is 13.8 Å². The van der Waals surface area contributed by atoms with Crippen molar-refractivity contribution in [1.29, 1.82) is 0 Å². The number of rotatable bonds is 5. The predicted molar refractivity (Wildman–Crippen MR) is 127 cm³/mol. The molecule has 178 valence electrons. The summed E-state index contributed by atoms with van der Waals surface area (Å²) in [7, 11) is 0. The zero-order valence-electron chi connectivity index (χ0n) is 19.1. The third kappa shape index (κ3) is 5.56. The second-order valence-electron chi connectivity index (χ2n) is 8.24. The maximum Gasteiger partial charge on any atom is 0.415 e. The molecule has 0 saturated carbocycles. The highest BCUT2D eigenvalue weighted by Crippen LogP contribution is 2.33. The molecule has 0 radical (unpaired) electrons. The predicted octanol–water partition coefficient (Wildman–Crippen LogP) is 3.31. The Hall–Kier alpha value is -2.43. The molecular formula is C23H30FN5O3S. The van der Waals surface area contributed by atoms with Crippen LogP contribution in [0.25, 0.3) is 6.08 Å². The first-order valence-electron chi connectivity index (χ1n) is 11.5. The van der Waals surface area contributed by atoms with Gasteiger partial charge in [-0.25, -0.2) is 14.6 Å². The van der Waals surface area contributed by atoms with Gasteiger partial charge in [0.1, 0.15) is 11.6 Å². The third-order valence-electron chi connectivity index (χ3n) is 6.16. The van der Waals surface area contributed by atoms with Gasteiger partial charge in [0, 0.05) is 43.9 Å². The smallest absolute Gasteiger partial charge is 0.409 e. The highest BCUT2D eigenvalue weighted by Gasteiger charge is 2.31. The number of carbonyl (C=O) groups is 2. The molecular weight excluding hydrogens is 445 g/mol. The van der Waals surface area contributed by atoms with E-state index >= 15 is 0 Å². The molecule has 1 unspecified atom stereocenters. The number of halogens is 1. The van der Waals surface area contributed by atoms with Crippen molar-refractivity contribution in [2.75, 3.05) is 39.3 Å². The summed E-state index contributed by atoms with van der Waals surface area (Å²) in [5.74, 6) is -0.774. The van der Waals surface area contributed by atoms with E-state index in [0.29, 0.717) is 34.8 Å². The van der Waals surface area contributed by atoms with Gasteiger partial charge in [0.2, 0.25) is 0 Å². The first-order valence-corrected chi connectivity index (χ1v) is 12.3. The summed E-state index contributed by atoms with van der Waals surface area (Å²) < 4.78 is 19.6. The largest absolute Gasteiger partial charge is 0.415 e. The van der Waals surface area contributed by atoms with E-state index in [1.54, 1.807) is 11.0 Å². The fourth-order valence-electron chi connectivity index (χ4n) is 4.33. The molecule has 1 atom stereocenters.